The van der Waals surface area contributed by atoms with Gasteiger partial charge in [-0.2, -0.15) is 5.10 Å². The SMILES string of the molecule is CCC[C@@H](C)Nc1ncnc2c1nc(-c1cnn(CC)c1C)n2C. The summed E-state index contributed by atoms with van der Waals surface area (Å²) in [5, 5.41) is 7.89. The molecule has 3 heterocycles. The summed E-state index contributed by atoms with van der Waals surface area (Å²) >= 11 is 0. The van der Waals surface area contributed by atoms with E-state index in [1.807, 2.05) is 22.5 Å². The average molecular weight is 327 g/mol. The lowest BCUT2D eigenvalue weighted by Crippen LogP contribution is -2.15. The van der Waals surface area contributed by atoms with Crippen molar-refractivity contribution in [2.75, 3.05) is 5.32 Å². The van der Waals surface area contributed by atoms with E-state index in [9.17, 15) is 0 Å². The maximum atomic E-state index is 4.83. The van der Waals surface area contributed by atoms with Crippen molar-refractivity contribution in [2.24, 2.45) is 7.05 Å². The molecular formula is C17H25N7. The smallest absolute Gasteiger partial charge is 0.165 e. The fraction of sp³-hybridized carbons (Fsp3) is 0.529. The first kappa shape index (κ1) is 16.4. The van der Waals surface area contributed by atoms with Crippen molar-refractivity contribution in [3.63, 3.8) is 0 Å². The van der Waals surface area contributed by atoms with E-state index in [4.69, 9.17) is 4.98 Å². The molecule has 24 heavy (non-hydrogen) atoms. The number of hydrogen-bond donors (Lipinski definition) is 1. The molecule has 0 bridgehead atoms. The van der Waals surface area contributed by atoms with Crippen LogP contribution in [0.1, 0.15) is 39.3 Å². The standard InChI is InChI=1S/C17H25N7/c1-6-8-11(3)21-15-14-17(19-10-18-15)23(5)16(22-14)13-9-20-24(7-2)12(13)4/h9-11H,6-8H2,1-5H3,(H,18,19,21)/t11-/m1/s1. The largest absolute Gasteiger partial charge is 0.366 e. The molecule has 0 unspecified atom stereocenters. The highest BCUT2D eigenvalue weighted by atomic mass is 15.3. The van der Waals surface area contributed by atoms with Crippen molar-refractivity contribution in [3.8, 4) is 11.4 Å². The van der Waals surface area contributed by atoms with Crippen molar-refractivity contribution in [3.05, 3.63) is 18.2 Å². The van der Waals surface area contributed by atoms with Crippen LogP contribution in [-0.2, 0) is 13.6 Å². The predicted molar refractivity (Wildman–Crippen MR) is 95.9 cm³/mol. The quantitative estimate of drug-likeness (QED) is 0.753. The first-order chi connectivity index (χ1) is 11.6. The summed E-state index contributed by atoms with van der Waals surface area (Å²) in [5.41, 5.74) is 3.78. The molecule has 3 aromatic heterocycles. The van der Waals surface area contributed by atoms with E-state index in [-0.39, 0.29) is 0 Å². The third-order valence-corrected chi connectivity index (χ3v) is 4.40. The number of anilines is 1. The molecule has 0 radical (unpaired) electrons. The number of fused-ring (bicyclic) bond motifs is 1. The molecule has 3 aromatic rings. The van der Waals surface area contributed by atoms with E-state index in [1.54, 1.807) is 6.33 Å². The van der Waals surface area contributed by atoms with E-state index in [0.29, 0.717) is 6.04 Å². The molecular weight excluding hydrogens is 302 g/mol. The molecule has 0 saturated heterocycles. The van der Waals surface area contributed by atoms with Crippen LogP contribution in [0.25, 0.3) is 22.6 Å². The van der Waals surface area contributed by atoms with Crippen LogP contribution in [0.2, 0.25) is 0 Å². The lowest BCUT2D eigenvalue weighted by molar-refractivity contribution is 0.640. The molecule has 0 aliphatic carbocycles. The Morgan fingerprint density at radius 3 is 2.71 bits per heavy atom. The molecule has 7 nitrogen and oxygen atoms in total. The molecule has 0 spiro atoms. The first-order valence-corrected chi connectivity index (χ1v) is 8.53. The maximum Gasteiger partial charge on any atom is 0.165 e. The molecule has 0 fully saturated rings. The van der Waals surface area contributed by atoms with Gasteiger partial charge < -0.3 is 9.88 Å². The predicted octanol–water partition coefficient (Wildman–Crippen LogP) is 3.16. The van der Waals surface area contributed by atoms with E-state index < -0.39 is 0 Å². The lowest BCUT2D eigenvalue weighted by Gasteiger charge is -2.13. The zero-order chi connectivity index (χ0) is 17.3. The minimum atomic E-state index is 0.350. The van der Waals surface area contributed by atoms with Gasteiger partial charge in [-0.05, 0) is 27.2 Å². The lowest BCUT2D eigenvalue weighted by atomic mass is 10.2. The summed E-state index contributed by atoms with van der Waals surface area (Å²) in [7, 11) is 1.99. The van der Waals surface area contributed by atoms with Crippen molar-refractivity contribution < 1.29 is 0 Å². The van der Waals surface area contributed by atoms with E-state index >= 15 is 0 Å². The second kappa shape index (κ2) is 6.59. The normalized spacial score (nSPS) is 12.7. The first-order valence-electron chi connectivity index (χ1n) is 8.53. The van der Waals surface area contributed by atoms with Gasteiger partial charge in [0.1, 0.15) is 12.2 Å². The van der Waals surface area contributed by atoms with Crippen LogP contribution in [0.15, 0.2) is 12.5 Å². The van der Waals surface area contributed by atoms with Gasteiger partial charge in [-0.1, -0.05) is 13.3 Å². The zero-order valence-electron chi connectivity index (χ0n) is 15.0. The Balaban J connectivity index is 2.08. The van der Waals surface area contributed by atoms with Crippen LogP contribution in [-0.4, -0.2) is 35.3 Å². The van der Waals surface area contributed by atoms with Crippen LogP contribution in [0.4, 0.5) is 5.82 Å². The van der Waals surface area contributed by atoms with Gasteiger partial charge in [0.2, 0.25) is 0 Å². The van der Waals surface area contributed by atoms with Gasteiger partial charge >= 0.3 is 0 Å². The number of nitrogens with zero attached hydrogens (tertiary/aromatic N) is 6. The van der Waals surface area contributed by atoms with Crippen molar-refractivity contribution in [2.45, 2.75) is 53.1 Å². The van der Waals surface area contributed by atoms with Gasteiger partial charge in [0.15, 0.2) is 17.0 Å². The average Bonchev–Trinajstić information content (AvgIpc) is 3.09. The van der Waals surface area contributed by atoms with Crippen molar-refractivity contribution in [1.29, 1.82) is 0 Å². The van der Waals surface area contributed by atoms with Crippen LogP contribution in [0, 0.1) is 6.92 Å². The molecule has 1 atom stereocenters. The monoisotopic (exact) mass is 327 g/mol. The van der Waals surface area contributed by atoms with Gasteiger partial charge in [0.05, 0.1) is 11.8 Å². The van der Waals surface area contributed by atoms with E-state index in [2.05, 4.69) is 48.1 Å². The van der Waals surface area contributed by atoms with Gasteiger partial charge in [-0.15, -0.1) is 0 Å². The van der Waals surface area contributed by atoms with Gasteiger partial charge in [-0.25, -0.2) is 15.0 Å². The molecule has 1 N–H and O–H groups in total. The summed E-state index contributed by atoms with van der Waals surface area (Å²) in [4.78, 5) is 13.6. The molecule has 0 aliphatic rings. The van der Waals surface area contributed by atoms with Gasteiger partial charge in [-0.3, -0.25) is 4.68 Å². The van der Waals surface area contributed by atoms with Gasteiger partial charge in [0, 0.05) is 25.3 Å². The minimum absolute atomic E-state index is 0.350. The molecule has 3 rings (SSSR count). The number of hydrogen-bond acceptors (Lipinski definition) is 5. The Labute approximate surface area is 142 Å². The Morgan fingerprint density at radius 2 is 2.04 bits per heavy atom. The number of nitrogens with one attached hydrogen (secondary N) is 1. The molecule has 128 valence electrons. The fourth-order valence-corrected chi connectivity index (χ4v) is 3.07. The summed E-state index contributed by atoms with van der Waals surface area (Å²) in [5.74, 6) is 1.66. The highest BCUT2D eigenvalue weighted by molar-refractivity contribution is 5.86. The number of imidazole rings is 1. The van der Waals surface area contributed by atoms with Crippen molar-refractivity contribution >= 4 is 17.0 Å². The molecule has 0 aliphatic heterocycles. The Bertz CT molecular complexity index is 846. The summed E-state index contributed by atoms with van der Waals surface area (Å²) in [6.45, 7) is 9.34. The third kappa shape index (κ3) is 2.74. The zero-order valence-corrected chi connectivity index (χ0v) is 15.0. The number of rotatable bonds is 6. The topological polar surface area (TPSA) is 73.5 Å². The third-order valence-electron chi connectivity index (χ3n) is 4.40. The summed E-state index contributed by atoms with van der Waals surface area (Å²) in [6, 6.07) is 0.350. The Morgan fingerprint density at radius 1 is 1.25 bits per heavy atom. The van der Waals surface area contributed by atoms with Crippen LogP contribution in [0.5, 0.6) is 0 Å². The molecule has 0 saturated carbocycles. The maximum absolute atomic E-state index is 4.83. The number of aromatic nitrogens is 6. The summed E-state index contributed by atoms with van der Waals surface area (Å²) in [6.07, 6.45) is 5.69. The van der Waals surface area contributed by atoms with E-state index in [0.717, 1.165) is 53.4 Å². The minimum Gasteiger partial charge on any atom is -0.366 e. The van der Waals surface area contributed by atoms with Crippen LogP contribution < -0.4 is 5.32 Å². The second-order valence-electron chi connectivity index (χ2n) is 6.18. The van der Waals surface area contributed by atoms with Crippen molar-refractivity contribution in [1.82, 2.24) is 29.3 Å². The Hall–Kier alpha value is -2.44. The second-order valence-corrected chi connectivity index (χ2v) is 6.18. The summed E-state index contributed by atoms with van der Waals surface area (Å²) < 4.78 is 3.99. The van der Waals surface area contributed by atoms with E-state index in [1.165, 1.54) is 0 Å². The highest BCUT2D eigenvalue weighted by Gasteiger charge is 2.18. The molecule has 7 heteroatoms. The van der Waals surface area contributed by atoms with Gasteiger partial charge in [0.25, 0.3) is 0 Å². The van der Waals surface area contributed by atoms with Crippen LogP contribution in [0.3, 0.4) is 0 Å². The molecule has 0 amide bonds. The number of aryl methyl sites for hydroxylation is 2. The highest BCUT2D eigenvalue weighted by Crippen LogP contribution is 2.28. The Kier molecular flexibility index (Phi) is 4.51. The van der Waals surface area contributed by atoms with Crippen LogP contribution >= 0.6 is 0 Å². The fourth-order valence-electron chi connectivity index (χ4n) is 3.07. The molecule has 0 aromatic carbocycles.